The molecule has 0 atom stereocenters. The minimum absolute atomic E-state index is 0.0852. The molecular weight excluding hydrogens is 244 g/mol. The Kier molecular flexibility index (Phi) is 4.31. The van der Waals surface area contributed by atoms with E-state index >= 15 is 0 Å². The van der Waals surface area contributed by atoms with Gasteiger partial charge in [0.25, 0.3) is 11.5 Å². The first-order chi connectivity index (χ1) is 9.11. The number of aryl methyl sites for hydroxylation is 1. The van der Waals surface area contributed by atoms with Gasteiger partial charge in [0.15, 0.2) is 0 Å². The van der Waals surface area contributed by atoms with Gasteiger partial charge in [0, 0.05) is 38.8 Å². The molecule has 0 unspecified atom stereocenters. The number of hydrogen-bond donors (Lipinski definition) is 0. The number of nitrogens with zero attached hydrogens (tertiary/aromatic N) is 4. The highest BCUT2D eigenvalue weighted by Gasteiger charge is 2.21. The number of piperazine rings is 1. The van der Waals surface area contributed by atoms with E-state index in [-0.39, 0.29) is 11.5 Å². The van der Waals surface area contributed by atoms with Gasteiger partial charge in [-0.1, -0.05) is 6.92 Å². The normalized spacial score (nSPS) is 16.6. The highest BCUT2D eigenvalue weighted by Crippen LogP contribution is 2.04. The molecule has 2 heterocycles. The molecule has 104 valence electrons. The van der Waals surface area contributed by atoms with Gasteiger partial charge in [-0.25, -0.2) is 4.68 Å². The van der Waals surface area contributed by atoms with Crippen LogP contribution in [-0.4, -0.2) is 58.7 Å². The van der Waals surface area contributed by atoms with Crippen molar-refractivity contribution in [2.45, 2.75) is 19.9 Å². The Morgan fingerprint density at radius 2 is 1.95 bits per heavy atom. The summed E-state index contributed by atoms with van der Waals surface area (Å²) >= 11 is 0. The number of carbonyl (C=O) groups excluding carboxylic acids is 1. The van der Waals surface area contributed by atoms with Gasteiger partial charge in [0.1, 0.15) is 5.69 Å². The Balaban J connectivity index is 2.15. The van der Waals surface area contributed by atoms with Crippen molar-refractivity contribution < 1.29 is 4.79 Å². The molecule has 0 aliphatic carbocycles. The molecule has 1 aliphatic rings. The number of amides is 1. The molecule has 2 rings (SSSR count). The zero-order valence-electron chi connectivity index (χ0n) is 11.5. The van der Waals surface area contributed by atoms with Crippen molar-refractivity contribution in [1.29, 1.82) is 0 Å². The van der Waals surface area contributed by atoms with E-state index in [0.717, 1.165) is 19.5 Å². The van der Waals surface area contributed by atoms with Crippen molar-refractivity contribution in [2.75, 3.05) is 33.2 Å². The second kappa shape index (κ2) is 5.97. The van der Waals surface area contributed by atoms with Crippen LogP contribution in [0.25, 0.3) is 0 Å². The van der Waals surface area contributed by atoms with Crippen molar-refractivity contribution in [3.8, 4) is 0 Å². The third-order valence-electron chi connectivity index (χ3n) is 3.31. The topological polar surface area (TPSA) is 58.4 Å². The van der Waals surface area contributed by atoms with Gasteiger partial charge >= 0.3 is 0 Å². The van der Waals surface area contributed by atoms with Crippen LogP contribution in [0, 0.1) is 0 Å². The molecule has 1 aromatic heterocycles. The van der Waals surface area contributed by atoms with Crippen LogP contribution in [0.15, 0.2) is 16.9 Å². The minimum Gasteiger partial charge on any atom is -0.335 e. The van der Waals surface area contributed by atoms with E-state index in [1.807, 2.05) is 14.0 Å². The number of hydrogen-bond acceptors (Lipinski definition) is 4. The van der Waals surface area contributed by atoms with Gasteiger partial charge in [-0.3, -0.25) is 9.59 Å². The molecule has 0 radical (unpaired) electrons. The summed E-state index contributed by atoms with van der Waals surface area (Å²) in [4.78, 5) is 27.9. The molecule has 1 amide bonds. The van der Waals surface area contributed by atoms with Crippen LogP contribution in [-0.2, 0) is 6.54 Å². The first-order valence-corrected chi connectivity index (χ1v) is 6.68. The fraction of sp³-hybridized carbons (Fsp3) is 0.615. The lowest BCUT2D eigenvalue weighted by atomic mass is 10.3. The molecule has 6 nitrogen and oxygen atoms in total. The van der Waals surface area contributed by atoms with Crippen LogP contribution in [0.2, 0.25) is 0 Å². The maximum Gasteiger partial charge on any atom is 0.274 e. The highest BCUT2D eigenvalue weighted by molar-refractivity contribution is 5.92. The monoisotopic (exact) mass is 264 g/mol. The average Bonchev–Trinajstić information content (AvgIpc) is 2.41. The first kappa shape index (κ1) is 13.7. The Labute approximate surface area is 112 Å². The molecular formula is C13H20N4O2. The molecule has 0 N–H and O–H groups in total. The second-order valence-corrected chi connectivity index (χ2v) is 4.88. The second-order valence-electron chi connectivity index (χ2n) is 4.88. The summed E-state index contributed by atoms with van der Waals surface area (Å²) in [7, 11) is 2.04. The van der Waals surface area contributed by atoms with E-state index in [9.17, 15) is 9.59 Å². The molecule has 1 fully saturated rings. The molecule has 1 saturated heterocycles. The zero-order chi connectivity index (χ0) is 13.8. The minimum atomic E-state index is -0.156. The van der Waals surface area contributed by atoms with E-state index < -0.39 is 0 Å². The first-order valence-electron chi connectivity index (χ1n) is 6.68. The van der Waals surface area contributed by atoms with Crippen LogP contribution in [0.5, 0.6) is 0 Å². The summed E-state index contributed by atoms with van der Waals surface area (Å²) in [5.41, 5.74) is 0.203. The lowest BCUT2D eigenvalue weighted by Crippen LogP contribution is -2.47. The number of aromatic nitrogens is 2. The maximum atomic E-state index is 12.3. The smallest absolute Gasteiger partial charge is 0.274 e. The molecule has 0 bridgehead atoms. The van der Waals surface area contributed by atoms with Crippen LogP contribution in [0.1, 0.15) is 23.8 Å². The van der Waals surface area contributed by atoms with Gasteiger partial charge in [-0.2, -0.15) is 5.10 Å². The van der Waals surface area contributed by atoms with Crippen molar-refractivity contribution >= 4 is 5.91 Å². The maximum absolute atomic E-state index is 12.3. The van der Waals surface area contributed by atoms with Gasteiger partial charge in [-0.15, -0.1) is 0 Å². The lowest BCUT2D eigenvalue weighted by molar-refractivity contribution is 0.0655. The van der Waals surface area contributed by atoms with Crippen molar-refractivity contribution in [3.05, 3.63) is 28.2 Å². The van der Waals surface area contributed by atoms with Crippen molar-refractivity contribution in [3.63, 3.8) is 0 Å². The van der Waals surface area contributed by atoms with E-state index in [4.69, 9.17) is 0 Å². The molecule has 19 heavy (non-hydrogen) atoms. The van der Waals surface area contributed by atoms with Gasteiger partial charge in [0.2, 0.25) is 0 Å². The predicted molar refractivity (Wildman–Crippen MR) is 72.2 cm³/mol. The zero-order valence-corrected chi connectivity index (χ0v) is 11.5. The van der Waals surface area contributed by atoms with Crippen LogP contribution in [0.4, 0.5) is 0 Å². The Hall–Kier alpha value is -1.69. The average molecular weight is 264 g/mol. The lowest BCUT2D eigenvalue weighted by Gasteiger charge is -2.32. The summed E-state index contributed by atoms with van der Waals surface area (Å²) in [5.74, 6) is -0.0852. The fourth-order valence-corrected chi connectivity index (χ4v) is 2.11. The predicted octanol–water partition coefficient (Wildman–Crippen LogP) is 0.0409. The Bertz CT molecular complexity index is 504. The summed E-state index contributed by atoms with van der Waals surface area (Å²) in [6.07, 6.45) is 0.819. The molecule has 1 aromatic rings. The highest BCUT2D eigenvalue weighted by atomic mass is 16.2. The van der Waals surface area contributed by atoms with Gasteiger partial charge in [0.05, 0.1) is 0 Å². The van der Waals surface area contributed by atoms with Gasteiger partial charge < -0.3 is 9.80 Å². The number of carbonyl (C=O) groups is 1. The van der Waals surface area contributed by atoms with E-state index in [1.54, 1.807) is 4.90 Å². The largest absolute Gasteiger partial charge is 0.335 e. The third kappa shape index (κ3) is 3.20. The molecule has 0 aromatic carbocycles. The standard InChI is InChI=1S/C13H20N4O2/c1-3-6-17-12(18)5-4-11(14-17)13(19)16-9-7-15(2)8-10-16/h4-5H,3,6-10H2,1-2H3. The van der Waals surface area contributed by atoms with Crippen molar-refractivity contribution in [1.82, 2.24) is 19.6 Å². The Morgan fingerprint density at radius 3 is 2.58 bits per heavy atom. The van der Waals surface area contributed by atoms with Crippen LogP contribution >= 0.6 is 0 Å². The third-order valence-corrected chi connectivity index (χ3v) is 3.31. The summed E-state index contributed by atoms with van der Waals surface area (Å²) in [5, 5.41) is 4.16. The number of rotatable bonds is 3. The van der Waals surface area contributed by atoms with Crippen LogP contribution < -0.4 is 5.56 Å². The summed E-state index contributed by atoms with van der Waals surface area (Å²) in [6.45, 7) is 5.69. The number of likely N-dealkylation sites (N-methyl/N-ethyl adjacent to an activating group) is 1. The summed E-state index contributed by atoms with van der Waals surface area (Å²) in [6, 6.07) is 2.95. The van der Waals surface area contributed by atoms with Crippen molar-refractivity contribution in [2.24, 2.45) is 0 Å². The summed E-state index contributed by atoms with van der Waals surface area (Å²) < 4.78 is 1.36. The molecule has 1 aliphatic heterocycles. The fourth-order valence-electron chi connectivity index (χ4n) is 2.11. The van der Waals surface area contributed by atoms with E-state index in [2.05, 4.69) is 10.00 Å². The quantitative estimate of drug-likeness (QED) is 0.773. The molecule has 0 spiro atoms. The Morgan fingerprint density at radius 1 is 1.26 bits per heavy atom. The molecule has 6 heteroatoms. The SMILES string of the molecule is CCCn1nc(C(=O)N2CCN(C)CC2)ccc1=O. The molecule has 0 saturated carbocycles. The van der Waals surface area contributed by atoms with E-state index in [1.165, 1.54) is 16.8 Å². The van der Waals surface area contributed by atoms with E-state index in [0.29, 0.717) is 25.3 Å². The van der Waals surface area contributed by atoms with Gasteiger partial charge in [-0.05, 0) is 19.5 Å². The van der Waals surface area contributed by atoms with Crippen LogP contribution in [0.3, 0.4) is 0 Å².